The Morgan fingerprint density at radius 2 is 1.55 bits per heavy atom. The summed E-state index contributed by atoms with van der Waals surface area (Å²) < 4.78 is 23.2. The molecule has 162 valence electrons. The van der Waals surface area contributed by atoms with Gasteiger partial charge in [-0.05, 0) is 42.5 Å². The van der Waals surface area contributed by atoms with Crippen molar-refractivity contribution in [2.75, 3.05) is 57.5 Å². The SMILES string of the molecule is FCCOc1ccc(OCCN2CCN(c3ncccc3-c3cccnc3)CC2)cc1. The van der Waals surface area contributed by atoms with Crippen molar-refractivity contribution in [3.63, 3.8) is 0 Å². The van der Waals surface area contributed by atoms with Crippen LogP contribution in [0.4, 0.5) is 10.2 Å². The highest BCUT2D eigenvalue weighted by atomic mass is 19.1. The molecule has 0 radical (unpaired) electrons. The number of nitrogens with zero attached hydrogens (tertiary/aromatic N) is 4. The van der Waals surface area contributed by atoms with E-state index >= 15 is 0 Å². The largest absolute Gasteiger partial charge is 0.492 e. The van der Waals surface area contributed by atoms with Crippen LogP contribution in [0, 0.1) is 0 Å². The van der Waals surface area contributed by atoms with Gasteiger partial charge in [0.1, 0.15) is 37.2 Å². The number of rotatable bonds is 9. The van der Waals surface area contributed by atoms with E-state index in [9.17, 15) is 4.39 Å². The number of alkyl halides is 1. The molecule has 0 amide bonds. The van der Waals surface area contributed by atoms with Gasteiger partial charge in [0.05, 0.1) is 0 Å². The van der Waals surface area contributed by atoms with Crippen LogP contribution in [0.2, 0.25) is 0 Å². The summed E-state index contributed by atoms with van der Waals surface area (Å²) in [5.41, 5.74) is 2.20. The molecule has 0 saturated carbocycles. The van der Waals surface area contributed by atoms with Crippen molar-refractivity contribution in [2.45, 2.75) is 0 Å². The second-order valence-electron chi connectivity index (χ2n) is 7.30. The highest BCUT2D eigenvalue weighted by Crippen LogP contribution is 2.28. The molecule has 3 heterocycles. The Hall–Kier alpha value is -3.19. The number of piperazine rings is 1. The summed E-state index contributed by atoms with van der Waals surface area (Å²) in [7, 11) is 0. The molecule has 2 aromatic heterocycles. The van der Waals surface area contributed by atoms with Crippen molar-refractivity contribution in [2.24, 2.45) is 0 Å². The van der Waals surface area contributed by atoms with Crippen LogP contribution in [0.15, 0.2) is 67.1 Å². The standard InChI is InChI=1S/C24H27FN4O2/c25-9-17-30-21-5-7-22(8-6-21)31-18-16-28-12-14-29(15-13-28)24-23(4-2-11-27-24)20-3-1-10-26-19-20/h1-8,10-11,19H,9,12-18H2. The van der Waals surface area contributed by atoms with Crippen LogP contribution >= 0.6 is 0 Å². The van der Waals surface area contributed by atoms with E-state index in [0.717, 1.165) is 55.4 Å². The Morgan fingerprint density at radius 3 is 2.23 bits per heavy atom. The van der Waals surface area contributed by atoms with Gasteiger partial charge in [0.15, 0.2) is 0 Å². The molecule has 3 aromatic rings. The van der Waals surface area contributed by atoms with Gasteiger partial charge in [-0.25, -0.2) is 9.37 Å². The van der Waals surface area contributed by atoms with E-state index < -0.39 is 6.67 Å². The van der Waals surface area contributed by atoms with Gasteiger partial charge in [-0.1, -0.05) is 6.07 Å². The second-order valence-corrected chi connectivity index (χ2v) is 7.30. The van der Waals surface area contributed by atoms with Gasteiger partial charge in [0.2, 0.25) is 0 Å². The van der Waals surface area contributed by atoms with Gasteiger partial charge < -0.3 is 14.4 Å². The summed E-state index contributed by atoms with van der Waals surface area (Å²) in [6.07, 6.45) is 5.52. The average molecular weight is 423 g/mol. The summed E-state index contributed by atoms with van der Waals surface area (Å²) in [6, 6.07) is 15.4. The molecule has 6 nitrogen and oxygen atoms in total. The summed E-state index contributed by atoms with van der Waals surface area (Å²) in [5.74, 6) is 2.46. The number of benzene rings is 1. The molecular weight excluding hydrogens is 395 g/mol. The van der Waals surface area contributed by atoms with E-state index in [-0.39, 0.29) is 6.61 Å². The first-order valence-electron chi connectivity index (χ1n) is 10.6. The zero-order valence-corrected chi connectivity index (χ0v) is 17.5. The minimum Gasteiger partial charge on any atom is -0.492 e. The molecule has 1 aliphatic heterocycles. The predicted molar refractivity (Wildman–Crippen MR) is 120 cm³/mol. The maximum absolute atomic E-state index is 12.2. The molecule has 1 aliphatic rings. The number of halogens is 1. The Labute approximate surface area is 182 Å². The van der Waals surface area contributed by atoms with Gasteiger partial charge in [-0.3, -0.25) is 9.88 Å². The number of hydrogen-bond acceptors (Lipinski definition) is 6. The van der Waals surface area contributed by atoms with E-state index in [1.54, 1.807) is 18.3 Å². The van der Waals surface area contributed by atoms with Gasteiger partial charge in [0, 0.05) is 62.4 Å². The molecule has 7 heteroatoms. The topological polar surface area (TPSA) is 50.7 Å². The lowest BCUT2D eigenvalue weighted by molar-refractivity contribution is 0.200. The lowest BCUT2D eigenvalue weighted by Crippen LogP contribution is -2.47. The lowest BCUT2D eigenvalue weighted by Gasteiger charge is -2.36. The Balaban J connectivity index is 1.25. The molecule has 1 aromatic carbocycles. The van der Waals surface area contributed by atoms with Crippen molar-refractivity contribution in [3.8, 4) is 22.6 Å². The van der Waals surface area contributed by atoms with Crippen molar-refractivity contribution >= 4 is 5.82 Å². The van der Waals surface area contributed by atoms with Crippen LogP contribution in [-0.4, -0.2) is 67.5 Å². The van der Waals surface area contributed by atoms with Crippen LogP contribution in [-0.2, 0) is 0 Å². The lowest BCUT2D eigenvalue weighted by atomic mass is 10.1. The molecule has 4 rings (SSSR count). The maximum atomic E-state index is 12.2. The zero-order valence-electron chi connectivity index (χ0n) is 17.5. The fraction of sp³-hybridized carbons (Fsp3) is 0.333. The fourth-order valence-electron chi connectivity index (χ4n) is 3.66. The van der Waals surface area contributed by atoms with Crippen LogP contribution in [0.5, 0.6) is 11.5 Å². The van der Waals surface area contributed by atoms with E-state index in [1.807, 2.05) is 36.7 Å². The van der Waals surface area contributed by atoms with E-state index in [1.165, 1.54) is 0 Å². The summed E-state index contributed by atoms with van der Waals surface area (Å²) in [5, 5.41) is 0. The number of pyridine rings is 2. The van der Waals surface area contributed by atoms with Crippen LogP contribution < -0.4 is 14.4 Å². The van der Waals surface area contributed by atoms with E-state index in [2.05, 4.69) is 31.9 Å². The first kappa shape index (κ1) is 21.1. The molecular formula is C24H27FN4O2. The molecule has 1 saturated heterocycles. The van der Waals surface area contributed by atoms with Crippen molar-refractivity contribution in [1.29, 1.82) is 0 Å². The highest BCUT2D eigenvalue weighted by Gasteiger charge is 2.20. The fourth-order valence-corrected chi connectivity index (χ4v) is 3.66. The first-order chi connectivity index (χ1) is 15.3. The minimum atomic E-state index is -0.489. The van der Waals surface area contributed by atoms with Gasteiger partial charge in [-0.2, -0.15) is 0 Å². The molecule has 0 aliphatic carbocycles. The maximum Gasteiger partial charge on any atom is 0.136 e. The number of hydrogen-bond donors (Lipinski definition) is 0. The molecule has 31 heavy (non-hydrogen) atoms. The molecule has 0 spiro atoms. The third-order valence-corrected chi connectivity index (χ3v) is 5.28. The molecule has 0 N–H and O–H groups in total. The first-order valence-corrected chi connectivity index (χ1v) is 10.6. The molecule has 1 fully saturated rings. The van der Waals surface area contributed by atoms with Gasteiger partial charge in [0.25, 0.3) is 0 Å². The Kier molecular flexibility index (Phi) is 7.28. The monoisotopic (exact) mass is 422 g/mol. The third kappa shape index (κ3) is 5.70. The van der Waals surface area contributed by atoms with Crippen molar-refractivity contribution in [1.82, 2.24) is 14.9 Å². The summed E-state index contributed by atoms with van der Waals surface area (Å²) in [4.78, 5) is 13.6. The van der Waals surface area contributed by atoms with Gasteiger partial charge >= 0.3 is 0 Å². The Bertz CT molecular complexity index is 932. The molecule has 0 atom stereocenters. The molecule has 0 bridgehead atoms. The summed E-state index contributed by atoms with van der Waals surface area (Å²) in [6.45, 7) is 4.84. The van der Waals surface area contributed by atoms with Crippen LogP contribution in [0.25, 0.3) is 11.1 Å². The number of ether oxygens (including phenoxy) is 2. The predicted octanol–water partition coefficient (Wildman–Crippen LogP) is 3.69. The van der Waals surface area contributed by atoms with Crippen molar-refractivity contribution in [3.05, 3.63) is 67.1 Å². The highest BCUT2D eigenvalue weighted by molar-refractivity contribution is 5.75. The third-order valence-electron chi connectivity index (χ3n) is 5.28. The van der Waals surface area contributed by atoms with Gasteiger partial charge in [-0.15, -0.1) is 0 Å². The Morgan fingerprint density at radius 1 is 0.839 bits per heavy atom. The van der Waals surface area contributed by atoms with E-state index in [0.29, 0.717) is 12.4 Å². The molecule has 0 unspecified atom stereocenters. The number of anilines is 1. The van der Waals surface area contributed by atoms with Crippen molar-refractivity contribution < 1.29 is 13.9 Å². The zero-order chi connectivity index (χ0) is 21.3. The smallest absolute Gasteiger partial charge is 0.136 e. The van der Waals surface area contributed by atoms with Crippen LogP contribution in [0.3, 0.4) is 0 Å². The van der Waals surface area contributed by atoms with Crippen LogP contribution in [0.1, 0.15) is 0 Å². The minimum absolute atomic E-state index is 0.0778. The summed E-state index contributed by atoms with van der Waals surface area (Å²) >= 11 is 0. The van der Waals surface area contributed by atoms with E-state index in [4.69, 9.17) is 9.47 Å². The average Bonchev–Trinajstić information content (AvgIpc) is 2.84. The number of aromatic nitrogens is 2. The normalized spacial score (nSPS) is 14.4. The second kappa shape index (κ2) is 10.7. The quantitative estimate of drug-likeness (QED) is 0.524.